The third-order valence-electron chi connectivity index (χ3n) is 2.73. The third-order valence-corrected chi connectivity index (χ3v) is 3.65. The van der Waals surface area contributed by atoms with Crippen LogP contribution in [0.15, 0.2) is 23.1 Å². The molecule has 0 aliphatic carbocycles. The first-order valence-electron chi connectivity index (χ1n) is 6.52. The molecule has 1 amide bonds. The molecule has 1 unspecified atom stereocenters. The standard InChI is InChI=1S/C13H19FN2O4S/c1-3-4-7-16-13(17)9(2)20-12-6-5-10(8-11(12)14)21(15,18)19/h5-6,8-9H,3-4,7H2,1-2H3,(H,16,17)(H2,15,18,19). The summed E-state index contributed by atoms with van der Waals surface area (Å²) in [6.45, 7) is 4.00. The highest BCUT2D eigenvalue weighted by molar-refractivity contribution is 7.89. The van der Waals surface area contributed by atoms with Gasteiger partial charge in [0.2, 0.25) is 10.0 Å². The SMILES string of the molecule is CCCCNC(=O)C(C)Oc1ccc(S(N)(=O)=O)cc1F. The molecule has 0 saturated carbocycles. The van der Waals surface area contributed by atoms with Crippen molar-refractivity contribution in [2.45, 2.75) is 37.7 Å². The highest BCUT2D eigenvalue weighted by Crippen LogP contribution is 2.21. The fourth-order valence-electron chi connectivity index (χ4n) is 1.53. The zero-order chi connectivity index (χ0) is 16.0. The Bertz CT molecular complexity index is 604. The number of rotatable bonds is 7. The van der Waals surface area contributed by atoms with Crippen molar-refractivity contribution in [1.82, 2.24) is 5.32 Å². The van der Waals surface area contributed by atoms with Gasteiger partial charge >= 0.3 is 0 Å². The molecule has 0 radical (unpaired) electrons. The van der Waals surface area contributed by atoms with Crippen LogP contribution in [0.4, 0.5) is 4.39 Å². The van der Waals surface area contributed by atoms with Gasteiger partial charge in [-0.2, -0.15) is 0 Å². The number of hydrogen-bond donors (Lipinski definition) is 2. The van der Waals surface area contributed by atoms with Crippen LogP contribution in [0.2, 0.25) is 0 Å². The Balaban J connectivity index is 2.73. The second-order valence-electron chi connectivity index (χ2n) is 4.54. The number of benzene rings is 1. The van der Waals surface area contributed by atoms with Crippen LogP contribution in [0.3, 0.4) is 0 Å². The summed E-state index contributed by atoms with van der Waals surface area (Å²) >= 11 is 0. The molecule has 3 N–H and O–H groups in total. The van der Waals surface area contributed by atoms with E-state index in [9.17, 15) is 17.6 Å². The van der Waals surface area contributed by atoms with E-state index in [0.29, 0.717) is 6.54 Å². The van der Waals surface area contributed by atoms with Gasteiger partial charge in [-0.3, -0.25) is 4.79 Å². The summed E-state index contributed by atoms with van der Waals surface area (Å²) in [7, 11) is -3.98. The maximum atomic E-state index is 13.7. The van der Waals surface area contributed by atoms with Gasteiger partial charge in [0, 0.05) is 6.54 Å². The largest absolute Gasteiger partial charge is 0.478 e. The molecule has 0 aliphatic heterocycles. The molecule has 0 heterocycles. The van der Waals surface area contributed by atoms with Crippen molar-refractivity contribution in [3.8, 4) is 5.75 Å². The minimum atomic E-state index is -3.98. The van der Waals surface area contributed by atoms with E-state index < -0.39 is 21.9 Å². The summed E-state index contributed by atoms with van der Waals surface area (Å²) in [6.07, 6.45) is 0.895. The number of sulfonamides is 1. The Hall–Kier alpha value is -1.67. The molecule has 21 heavy (non-hydrogen) atoms. The van der Waals surface area contributed by atoms with Gasteiger partial charge in [-0.1, -0.05) is 13.3 Å². The summed E-state index contributed by atoms with van der Waals surface area (Å²) in [4.78, 5) is 11.3. The van der Waals surface area contributed by atoms with Crippen molar-refractivity contribution in [1.29, 1.82) is 0 Å². The van der Waals surface area contributed by atoms with Crippen LogP contribution < -0.4 is 15.2 Å². The molecular formula is C13H19FN2O4S. The average molecular weight is 318 g/mol. The van der Waals surface area contributed by atoms with E-state index in [0.717, 1.165) is 31.0 Å². The normalized spacial score (nSPS) is 12.8. The molecule has 0 saturated heterocycles. The third kappa shape index (κ3) is 5.31. The Kier molecular flexibility index (Phi) is 6.10. The Morgan fingerprint density at radius 1 is 1.48 bits per heavy atom. The van der Waals surface area contributed by atoms with E-state index in [1.807, 2.05) is 6.92 Å². The fourth-order valence-corrected chi connectivity index (χ4v) is 2.06. The predicted octanol–water partition coefficient (Wildman–Crippen LogP) is 1.16. The van der Waals surface area contributed by atoms with Crippen LogP contribution in [-0.4, -0.2) is 27.0 Å². The van der Waals surface area contributed by atoms with Crippen molar-refractivity contribution in [2.24, 2.45) is 5.14 Å². The smallest absolute Gasteiger partial charge is 0.260 e. The lowest BCUT2D eigenvalue weighted by atomic mass is 10.3. The molecule has 0 spiro atoms. The number of unbranched alkanes of at least 4 members (excludes halogenated alkanes) is 1. The lowest BCUT2D eigenvalue weighted by molar-refractivity contribution is -0.127. The number of halogens is 1. The number of nitrogens with one attached hydrogen (secondary N) is 1. The molecule has 0 bridgehead atoms. The monoisotopic (exact) mass is 318 g/mol. The van der Waals surface area contributed by atoms with E-state index in [1.54, 1.807) is 0 Å². The maximum Gasteiger partial charge on any atom is 0.260 e. The number of carbonyl (C=O) groups excluding carboxylic acids is 1. The Labute approximate surface area is 123 Å². The highest BCUT2D eigenvalue weighted by atomic mass is 32.2. The van der Waals surface area contributed by atoms with Gasteiger partial charge in [0.05, 0.1) is 4.90 Å². The van der Waals surface area contributed by atoms with E-state index in [1.165, 1.54) is 6.92 Å². The molecule has 0 aliphatic rings. The van der Waals surface area contributed by atoms with Gasteiger partial charge < -0.3 is 10.1 Å². The summed E-state index contributed by atoms with van der Waals surface area (Å²) in [5.41, 5.74) is 0. The average Bonchev–Trinajstić information content (AvgIpc) is 2.39. The summed E-state index contributed by atoms with van der Waals surface area (Å²) in [5, 5.41) is 7.55. The maximum absolute atomic E-state index is 13.7. The molecule has 1 aromatic rings. The van der Waals surface area contributed by atoms with E-state index in [2.05, 4.69) is 5.32 Å². The topological polar surface area (TPSA) is 98.5 Å². The molecule has 118 valence electrons. The molecule has 1 aromatic carbocycles. The minimum Gasteiger partial charge on any atom is -0.478 e. The number of primary sulfonamides is 1. The number of nitrogens with two attached hydrogens (primary N) is 1. The zero-order valence-electron chi connectivity index (χ0n) is 11.9. The van der Waals surface area contributed by atoms with Gasteiger partial charge in [0.15, 0.2) is 17.7 Å². The highest BCUT2D eigenvalue weighted by Gasteiger charge is 2.18. The quantitative estimate of drug-likeness (QED) is 0.737. The first-order chi connectivity index (χ1) is 9.75. The summed E-state index contributed by atoms with van der Waals surface area (Å²) in [6, 6.07) is 3.01. The van der Waals surface area contributed by atoms with Gasteiger partial charge in [0.25, 0.3) is 5.91 Å². The number of hydrogen-bond acceptors (Lipinski definition) is 4. The molecule has 1 atom stereocenters. The van der Waals surface area contributed by atoms with Crippen LogP contribution in [0, 0.1) is 5.82 Å². The second-order valence-corrected chi connectivity index (χ2v) is 6.10. The van der Waals surface area contributed by atoms with Crippen LogP contribution in [0.1, 0.15) is 26.7 Å². The number of amides is 1. The number of ether oxygens (including phenoxy) is 1. The van der Waals surface area contributed by atoms with Gasteiger partial charge in [0.1, 0.15) is 0 Å². The van der Waals surface area contributed by atoms with Crippen molar-refractivity contribution >= 4 is 15.9 Å². The van der Waals surface area contributed by atoms with Gasteiger partial charge in [-0.25, -0.2) is 17.9 Å². The molecular weight excluding hydrogens is 299 g/mol. The van der Waals surface area contributed by atoms with Crippen molar-refractivity contribution in [3.63, 3.8) is 0 Å². The fraction of sp³-hybridized carbons (Fsp3) is 0.462. The van der Waals surface area contributed by atoms with Crippen molar-refractivity contribution in [2.75, 3.05) is 6.54 Å². The zero-order valence-corrected chi connectivity index (χ0v) is 12.7. The first kappa shape index (κ1) is 17.4. The molecule has 8 heteroatoms. The van der Waals surface area contributed by atoms with E-state index in [-0.39, 0.29) is 16.6 Å². The predicted molar refractivity (Wildman–Crippen MR) is 75.8 cm³/mol. The van der Waals surface area contributed by atoms with E-state index in [4.69, 9.17) is 9.88 Å². The molecule has 1 rings (SSSR count). The molecule has 0 fully saturated rings. The molecule has 0 aromatic heterocycles. The van der Waals surface area contributed by atoms with Crippen LogP contribution >= 0.6 is 0 Å². The van der Waals surface area contributed by atoms with Crippen molar-refractivity contribution < 1.29 is 22.3 Å². The van der Waals surface area contributed by atoms with E-state index >= 15 is 0 Å². The first-order valence-corrected chi connectivity index (χ1v) is 8.07. The summed E-state index contributed by atoms with van der Waals surface area (Å²) in [5.74, 6) is -1.46. The minimum absolute atomic E-state index is 0.208. The van der Waals surface area contributed by atoms with Crippen molar-refractivity contribution in [3.05, 3.63) is 24.0 Å². The Morgan fingerprint density at radius 2 is 2.14 bits per heavy atom. The van der Waals surface area contributed by atoms with Crippen LogP contribution in [0.25, 0.3) is 0 Å². The van der Waals surface area contributed by atoms with Gasteiger partial charge in [-0.15, -0.1) is 0 Å². The lowest BCUT2D eigenvalue weighted by Crippen LogP contribution is -2.36. The lowest BCUT2D eigenvalue weighted by Gasteiger charge is -2.15. The number of carbonyl (C=O) groups is 1. The van der Waals surface area contributed by atoms with Crippen LogP contribution in [-0.2, 0) is 14.8 Å². The van der Waals surface area contributed by atoms with Gasteiger partial charge in [-0.05, 0) is 31.5 Å². The van der Waals surface area contributed by atoms with Crippen LogP contribution in [0.5, 0.6) is 5.75 Å². The Morgan fingerprint density at radius 3 is 2.67 bits per heavy atom. The molecule has 6 nitrogen and oxygen atoms in total. The summed E-state index contributed by atoms with van der Waals surface area (Å²) < 4.78 is 41.1. The second kappa shape index (κ2) is 7.37.